The van der Waals surface area contributed by atoms with Crippen LogP contribution in [0.25, 0.3) is 0 Å². The van der Waals surface area contributed by atoms with Gasteiger partial charge in [0.1, 0.15) is 18.2 Å². The average molecular weight is 300 g/mol. The highest BCUT2D eigenvalue weighted by Gasteiger charge is 2.08. The smallest absolute Gasteiger partial charge is 0.142 e. The minimum absolute atomic E-state index is 0.109. The molecule has 0 radical (unpaired) electrons. The van der Waals surface area contributed by atoms with E-state index in [1.54, 1.807) is 18.2 Å². The van der Waals surface area contributed by atoms with E-state index in [0.717, 1.165) is 5.69 Å². The van der Waals surface area contributed by atoms with Crippen molar-refractivity contribution < 1.29 is 9.13 Å². The van der Waals surface area contributed by atoms with Crippen molar-refractivity contribution in [2.24, 2.45) is 0 Å². The van der Waals surface area contributed by atoms with E-state index in [9.17, 15) is 4.39 Å². The fourth-order valence-electron chi connectivity index (χ4n) is 1.62. The molecule has 0 saturated heterocycles. The van der Waals surface area contributed by atoms with Gasteiger partial charge in [-0.3, -0.25) is 4.98 Å². The monoisotopic (exact) mass is 299 g/mol. The van der Waals surface area contributed by atoms with Crippen molar-refractivity contribution in [3.63, 3.8) is 0 Å². The van der Waals surface area contributed by atoms with Crippen LogP contribution in [0.5, 0.6) is 5.75 Å². The number of hydrogen-bond acceptors (Lipinski definition) is 2. The molecule has 0 spiro atoms. The van der Waals surface area contributed by atoms with Gasteiger partial charge in [0, 0.05) is 16.3 Å². The van der Waals surface area contributed by atoms with Crippen molar-refractivity contribution in [1.29, 1.82) is 0 Å². The van der Waals surface area contributed by atoms with E-state index < -0.39 is 0 Å². The van der Waals surface area contributed by atoms with Crippen LogP contribution >= 0.6 is 23.2 Å². The van der Waals surface area contributed by atoms with Gasteiger partial charge in [0.15, 0.2) is 0 Å². The number of aromatic nitrogens is 1. The standard InChI is InChI=1S/C14H12Cl2FNO/c1-9-2-5-14(13(7-15)18-9)19-8-10-3-4-11(16)6-12(10)17/h2-6H,7-8H2,1H3. The van der Waals surface area contributed by atoms with E-state index in [-0.39, 0.29) is 18.3 Å². The quantitative estimate of drug-likeness (QED) is 0.776. The zero-order chi connectivity index (χ0) is 13.8. The van der Waals surface area contributed by atoms with Crippen LogP contribution in [0.2, 0.25) is 5.02 Å². The number of rotatable bonds is 4. The molecule has 0 saturated carbocycles. The lowest BCUT2D eigenvalue weighted by molar-refractivity contribution is 0.296. The van der Waals surface area contributed by atoms with Crippen LogP contribution in [0.15, 0.2) is 30.3 Å². The van der Waals surface area contributed by atoms with E-state index in [4.69, 9.17) is 27.9 Å². The normalized spacial score (nSPS) is 10.5. The second-order valence-corrected chi connectivity index (χ2v) is 4.76. The maximum atomic E-state index is 13.6. The number of benzene rings is 1. The van der Waals surface area contributed by atoms with Gasteiger partial charge in [0.05, 0.1) is 11.6 Å². The van der Waals surface area contributed by atoms with Gasteiger partial charge in [0.25, 0.3) is 0 Å². The van der Waals surface area contributed by atoms with Crippen molar-refractivity contribution in [1.82, 2.24) is 4.98 Å². The second-order valence-electron chi connectivity index (χ2n) is 4.06. The molecule has 0 fully saturated rings. The molecule has 100 valence electrons. The van der Waals surface area contributed by atoms with Gasteiger partial charge >= 0.3 is 0 Å². The molecule has 5 heteroatoms. The van der Waals surface area contributed by atoms with Gasteiger partial charge in [-0.15, -0.1) is 11.6 Å². The Bertz CT molecular complexity index is 590. The Kier molecular flexibility index (Phi) is 4.61. The lowest BCUT2D eigenvalue weighted by Crippen LogP contribution is -2.02. The lowest BCUT2D eigenvalue weighted by Gasteiger charge is -2.10. The molecule has 2 aromatic rings. The minimum Gasteiger partial charge on any atom is -0.487 e. The first kappa shape index (κ1) is 14.1. The highest BCUT2D eigenvalue weighted by Crippen LogP contribution is 2.21. The first-order valence-electron chi connectivity index (χ1n) is 5.69. The van der Waals surface area contributed by atoms with Crippen molar-refractivity contribution in [2.45, 2.75) is 19.4 Å². The van der Waals surface area contributed by atoms with E-state index in [0.29, 0.717) is 22.0 Å². The van der Waals surface area contributed by atoms with Gasteiger partial charge < -0.3 is 4.74 Å². The third-order valence-electron chi connectivity index (χ3n) is 2.60. The molecule has 1 aromatic heterocycles. The van der Waals surface area contributed by atoms with E-state index >= 15 is 0 Å². The molecule has 0 amide bonds. The van der Waals surface area contributed by atoms with E-state index in [1.807, 2.05) is 13.0 Å². The fraction of sp³-hybridized carbons (Fsp3) is 0.214. The summed E-state index contributed by atoms with van der Waals surface area (Å²) >= 11 is 11.5. The topological polar surface area (TPSA) is 22.1 Å². The summed E-state index contributed by atoms with van der Waals surface area (Å²) in [5, 5.41) is 0.361. The first-order chi connectivity index (χ1) is 9.10. The highest BCUT2D eigenvalue weighted by molar-refractivity contribution is 6.30. The molecule has 0 aliphatic carbocycles. The maximum absolute atomic E-state index is 13.6. The predicted molar refractivity (Wildman–Crippen MR) is 74.3 cm³/mol. The van der Waals surface area contributed by atoms with Crippen LogP contribution in [-0.2, 0) is 12.5 Å². The van der Waals surface area contributed by atoms with Crippen molar-refractivity contribution in [3.05, 3.63) is 58.1 Å². The number of ether oxygens (including phenoxy) is 1. The van der Waals surface area contributed by atoms with Gasteiger partial charge in [-0.05, 0) is 31.2 Å². The summed E-state index contributed by atoms with van der Waals surface area (Å²) < 4.78 is 19.2. The van der Waals surface area contributed by atoms with Crippen LogP contribution in [-0.4, -0.2) is 4.98 Å². The van der Waals surface area contributed by atoms with E-state index in [1.165, 1.54) is 6.07 Å². The lowest BCUT2D eigenvalue weighted by atomic mass is 10.2. The Morgan fingerprint density at radius 2 is 2.05 bits per heavy atom. The third-order valence-corrected chi connectivity index (χ3v) is 3.08. The number of pyridine rings is 1. The summed E-state index contributed by atoms with van der Waals surface area (Å²) in [5.74, 6) is 0.426. The molecule has 1 aromatic carbocycles. The molecular weight excluding hydrogens is 288 g/mol. The average Bonchev–Trinajstić information content (AvgIpc) is 2.39. The molecule has 0 bridgehead atoms. The van der Waals surface area contributed by atoms with Gasteiger partial charge in [0.2, 0.25) is 0 Å². The summed E-state index contributed by atoms with van der Waals surface area (Å²) in [5.41, 5.74) is 1.95. The zero-order valence-electron chi connectivity index (χ0n) is 10.3. The Balaban J connectivity index is 2.14. The number of aryl methyl sites for hydroxylation is 1. The zero-order valence-corrected chi connectivity index (χ0v) is 11.8. The fourth-order valence-corrected chi connectivity index (χ4v) is 1.97. The Hall–Kier alpha value is -1.32. The molecule has 0 N–H and O–H groups in total. The molecule has 0 unspecified atom stereocenters. The maximum Gasteiger partial charge on any atom is 0.142 e. The summed E-state index contributed by atoms with van der Waals surface area (Å²) in [7, 11) is 0. The molecular formula is C14H12Cl2FNO. The molecule has 1 heterocycles. The van der Waals surface area contributed by atoms with Crippen LogP contribution in [0.1, 0.15) is 17.0 Å². The summed E-state index contributed by atoms with van der Waals surface area (Å²) in [6.45, 7) is 1.98. The molecule has 0 aliphatic heterocycles. The van der Waals surface area contributed by atoms with Gasteiger partial charge in [-0.2, -0.15) is 0 Å². The van der Waals surface area contributed by atoms with Crippen LogP contribution in [0.3, 0.4) is 0 Å². The molecule has 2 nitrogen and oxygen atoms in total. The summed E-state index contributed by atoms with van der Waals surface area (Å²) in [4.78, 5) is 4.27. The van der Waals surface area contributed by atoms with Gasteiger partial charge in [-0.1, -0.05) is 17.7 Å². The minimum atomic E-state index is -0.389. The van der Waals surface area contributed by atoms with Crippen LogP contribution in [0, 0.1) is 12.7 Å². The van der Waals surface area contributed by atoms with Crippen molar-refractivity contribution >= 4 is 23.2 Å². The van der Waals surface area contributed by atoms with Crippen LogP contribution in [0.4, 0.5) is 4.39 Å². The third kappa shape index (κ3) is 3.58. The second kappa shape index (κ2) is 6.22. The van der Waals surface area contributed by atoms with Crippen molar-refractivity contribution in [3.8, 4) is 5.75 Å². The number of nitrogens with zero attached hydrogens (tertiary/aromatic N) is 1. The number of alkyl halides is 1. The molecule has 0 atom stereocenters. The summed E-state index contributed by atoms with van der Waals surface area (Å²) in [6.07, 6.45) is 0. The Morgan fingerprint density at radius 3 is 2.74 bits per heavy atom. The first-order valence-corrected chi connectivity index (χ1v) is 6.60. The molecule has 0 aliphatic rings. The molecule has 2 rings (SSSR count). The number of halogens is 3. The Labute approximate surface area is 121 Å². The van der Waals surface area contributed by atoms with E-state index in [2.05, 4.69) is 4.98 Å². The Morgan fingerprint density at radius 1 is 1.26 bits per heavy atom. The SMILES string of the molecule is Cc1ccc(OCc2ccc(Cl)cc2F)c(CCl)n1. The highest BCUT2D eigenvalue weighted by atomic mass is 35.5. The largest absolute Gasteiger partial charge is 0.487 e. The van der Waals surface area contributed by atoms with Gasteiger partial charge in [-0.25, -0.2) is 4.39 Å². The predicted octanol–water partition coefficient (Wildman–Crippen LogP) is 4.50. The van der Waals surface area contributed by atoms with Crippen molar-refractivity contribution in [2.75, 3.05) is 0 Å². The molecule has 19 heavy (non-hydrogen) atoms. The summed E-state index contributed by atoms with van der Waals surface area (Å²) in [6, 6.07) is 8.09. The van der Waals surface area contributed by atoms with Crippen LogP contribution < -0.4 is 4.74 Å². The number of hydrogen-bond donors (Lipinski definition) is 0.